The van der Waals surface area contributed by atoms with Crippen molar-refractivity contribution in [3.8, 4) is 0 Å². The van der Waals surface area contributed by atoms with Crippen molar-refractivity contribution in [2.75, 3.05) is 28.8 Å². The van der Waals surface area contributed by atoms with E-state index < -0.39 is 6.10 Å². The van der Waals surface area contributed by atoms with E-state index in [-0.39, 0.29) is 18.1 Å². The molecule has 5 atom stereocenters. The second-order valence-corrected chi connectivity index (χ2v) is 11.1. The highest BCUT2D eigenvalue weighted by Crippen LogP contribution is 2.44. The van der Waals surface area contributed by atoms with E-state index in [1.165, 1.54) is 18.5 Å². The number of hydrogen-bond donors (Lipinski definition) is 1. The lowest BCUT2D eigenvalue weighted by atomic mass is 9.98. The molecule has 0 spiro atoms. The first-order chi connectivity index (χ1) is 18.0. The Morgan fingerprint density at radius 1 is 1.11 bits per heavy atom. The van der Waals surface area contributed by atoms with Crippen LogP contribution in [0.5, 0.6) is 0 Å². The maximum Gasteiger partial charge on any atom is 0.256 e. The number of fused-ring (bicyclic) bond motifs is 4. The van der Waals surface area contributed by atoms with Crippen LogP contribution in [-0.4, -0.2) is 61.1 Å². The number of benzene rings is 1. The van der Waals surface area contributed by atoms with Gasteiger partial charge in [0.2, 0.25) is 0 Å². The molecule has 2 bridgehead atoms. The highest BCUT2D eigenvalue weighted by Gasteiger charge is 2.41. The molecule has 37 heavy (non-hydrogen) atoms. The van der Waals surface area contributed by atoms with E-state index in [9.17, 15) is 4.79 Å². The van der Waals surface area contributed by atoms with Crippen LogP contribution in [0.25, 0.3) is 0 Å². The van der Waals surface area contributed by atoms with Gasteiger partial charge in [-0.05, 0) is 76.6 Å². The molecule has 1 aromatic heterocycles. The van der Waals surface area contributed by atoms with Crippen LogP contribution in [0.2, 0.25) is 0 Å². The predicted octanol–water partition coefficient (Wildman–Crippen LogP) is 4.79. The molecule has 5 heterocycles. The molecule has 4 aliphatic rings. The normalized spacial score (nSPS) is 28.9. The van der Waals surface area contributed by atoms with Gasteiger partial charge in [0.1, 0.15) is 11.9 Å². The minimum Gasteiger partial charge on any atom is -0.381 e. The van der Waals surface area contributed by atoms with Gasteiger partial charge in [-0.15, -0.1) is 0 Å². The number of pyridine rings is 1. The van der Waals surface area contributed by atoms with E-state index >= 15 is 0 Å². The van der Waals surface area contributed by atoms with E-state index in [0.29, 0.717) is 37.8 Å². The Kier molecular flexibility index (Phi) is 6.82. The number of methoxy groups -OCH3 is 1. The summed E-state index contributed by atoms with van der Waals surface area (Å²) < 4.78 is 17.7. The number of aromatic nitrogens is 1. The summed E-state index contributed by atoms with van der Waals surface area (Å²) in [5.41, 5.74) is 3.95. The van der Waals surface area contributed by atoms with Gasteiger partial charge in [0.25, 0.3) is 5.91 Å². The maximum atomic E-state index is 14.0. The van der Waals surface area contributed by atoms with Gasteiger partial charge in [0.05, 0.1) is 42.8 Å². The lowest BCUT2D eigenvalue weighted by Crippen LogP contribution is -2.46. The fourth-order valence-electron chi connectivity index (χ4n) is 6.60. The van der Waals surface area contributed by atoms with Gasteiger partial charge in [0, 0.05) is 36.6 Å². The van der Waals surface area contributed by atoms with E-state index in [2.05, 4.69) is 33.4 Å². The quantitative estimate of drug-likeness (QED) is 0.625. The molecule has 6 rings (SSSR count). The number of carbonyl (C=O) groups excluding carboxylic acids is 1. The maximum absolute atomic E-state index is 14.0. The van der Waals surface area contributed by atoms with Crippen LogP contribution in [0.3, 0.4) is 0 Å². The Morgan fingerprint density at radius 2 is 1.92 bits per heavy atom. The summed E-state index contributed by atoms with van der Waals surface area (Å²) in [6, 6.07) is 11.4. The molecule has 0 unspecified atom stereocenters. The van der Waals surface area contributed by atoms with Crippen LogP contribution < -0.4 is 15.1 Å². The van der Waals surface area contributed by atoms with Gasteiger partial charge >= 0.3 is 0 Å². The van der Waals surface area contributed by atoms with Crippen LogP contribution >= 0.6 is 0 Å². The number of ether oxygens (including phenoxy) is 3. The summed E-state index contributed by atoms with van der Waals surface area (Å²) in [5.74, 6) is 0.795. The summed E-state index contributed by atoms with van der Waals surface area (Å²) in [7, 11) is 1.83. The van der Waals surface area contributed by atoms with Crippen LogP contribution in [0.4, 0.5) is 22.9 Å². The fraction of sp³-hybridized carbons (Fsp3) is 0.586. The Hall–Kier alpha value is -2.68. The average molecular weight is 507 g/mol. The highest BCUT2D eigenvalue weighted by molar-refractivity contribution is 6.01. The highest BCUT2D eigenvalue weighted by atomic mass is 16.5. The van der Waals surface area contributed by atoms with Crippen LogP contribution in [0.1, 0.15) is 57.9 Å². The van der Waals surface area contributed by atoms with Crippen LogP contribution in [0.15, 0.2) is 36.5 Å². The lowest BCUT2D eigenvalue weighted by Gasteiger charge is -2.40. The third kappa shape index (κ3) is 4.82. The Balaban J connectivity index is 1.30. The van der Waals surface area contributed by atoms with Crippen molar-refractivity contribution in [3.63, 3.8) is 0 Å². The first-order valence-electron chi connectivity index (χ1n) is 13.7. The molecule has 2 aromatic rings. The molecular weight excluding hydrogens is 468 g/mol. The minimum absolute atomic E-state index is 0.000892. The molecule has 0 aliphatic carbocycles. The molecular formula is C29H38N4O4. The number of piperidine rings is 1. The van der Waals surface area contributed by atoms with Crippen LogP contribution in [0, 0.1) is 0 Å². The summed E-state index contributed by atoms with van der Waals surface area (Å²) in [6.07, 6.45) is 7.80. The van der Waals surface area contributed by atoms with Crippen molar-refractivity contribution in [2.45, 2.75) is 95.4 Å². The molecule has 0 saturated carbocycles. The summed E-state index contributed by atoms with van der Waals surface area (Å²) in [4.78, 5) is 23.0. The zero-order valence-electron chi connectivity index (χ0n) is 22.1. The van der Waals surface area contributed by atoms with Crippen molar-refractivity contribution >= 4 is 28.8 Å². The van der Waals surface area contributed by atoms with E-state index in [1.807, 2.05) is 38.0 Å². The van der Waals surface area contributed by atoms with Crippen molar-refractivity contribution in [2.24, 2.45) is 0 Å². The van der Waals surface area contributed by atoms with Gasteiger partial charge in [0.15, 0.2) is 0 Å². The second kappa shape index (κ2) is 10.2. The van der Waals surface area contributed by atoms with Gasteiger partial charge < -0.3 is 29.3 Å². The summed E-state index contributed by atoms with van der Waals surface area (Å²) in [5, 5.41) is 3.50. The molecule has 1 aromatic carbocycles. The van der Waals surface area contributed by atoms with Crippen molar-refractivity contribution < 1.29 is 19.0 Å². The second-order valence-electron chi connectivity index (χ2n) is 11.1. The predicted molar refractivity (Wildman–Crippen MR) is 143 cm³/mol. The minimum atomic E-state index is -0.477. The Labute approximate surface area is 219 Å². The van der Waals surface area contributed by atoms with E-state index in [1.54, 1.807) is 6.20 Å². The third-order valence-electron chi connectivity index (χ3n) is 8.31. The average Bonchev–Trinajstić information content (AvgIpc) is 3.07. The standard InChI is InChI=1S/C29H38N4O4/c1-18(2)37-23-9-11-27(36-17-23)29(34)32-16-19-5-4-12-30-28(19)31-25-10-8-22(15-26(25)32)33-20-6-7-21(33)14-24(13-20)35-3/h4-5,8,10,12,15,18,20-21,23-24,27H,6-7,9,11,13-14,16-17H2,1-3H3,(H,30,31)/t20-,21+,23-,24+,27+/m0/s1. The largest absolute Gasteiger partial charge is 0.381 e. The van der Waals surface area contributed by atoms with Gasteiger partial charge in [-0.2, -0.15) is 0 Å². The topological polar surface area (TPSA) is 76.2 Å². The zero-order chi connectivity index (χ0) is 25.5. The number of rotatable bonds is 5. The lowest BCUT2D eigenvalue weighted by molar-refractivity contribution is -0.143. The number of carbonyl (C=O) groups is 1. The summed E-state index contributed by atoms with van der Waals surface area (Å²) in [6.45, 7) is 4.97. The van der Waals surface area contributed by atoms with Crippen molar-refractivity contribution in [3.05, 3.63) is 42.1 Å². The number of nitrogens with zero attached hydrogens (tertiary/aromatic N) is 3. The molecule has 8 nitrogen and oxygen atoms in total. The van der Waals surface area contributed by atoms with E-state index in [0.717, 1.165) is 42.0 Å². The van der Waals surface area contributed by atoms with Gasteiger partial charge in [-0.25, -0.2) is 4.98 Å². The number of anilines is 4. The Morgan fingerprint density at radius 3 is 2.62 bits per heavy atom. The molecule has 3 saturated heterocycles. The summed E-state index contributed by atoms with van der Waals surface area (Å²) >= 11 is 0. The fourth-order valence-corrected chi connectivity index (χ4v) is 6.60. The smallest absolute Gasteiger partial charge is 0.256 e. The number of nitrogens with one attached hydrogen (secondary N) is 1. The molecule has 198 valence electrons. The van der Waals surface area contributed by atoms with Gasteiger partial charge in [-0.1, -0.05) is 6.07 Å². The number of hydrogen-bond acceptors (Lipinski definition) is 7. The molecule has 1 amide bonds. The molecule has 0 radical (unpaired) electrons. The van der Waals surface area contributed by atoms with Crippen molar-refractivity contribution in [1.82, 2.24) is 4.98 Å². The monoisotopic (exact) mass is 506 g/mol. The first kappa shape index (κ1) is 24.6. The number of amides is 1. The first-order valence-corrected chi connectivity index (χ1v) is 13.7. The van der Waals surface area contributed by atoms with Crippen molar-refractivity contribution in [1.29, 1.82) is 0 Å². The molecule has 1 N–H and O–H groups in total. The Bertz CT molecular complexity index is 1120. The molecule has 8 heteroatoms. The third-order valence-corrected chi connectivity index (χ3v) is 8.31. The van der Waals surface area contributed by atoms with Gasteiger partial charge in [-0.3, -0.25) is 4.79 Å². The van der Waals surface area contributed by atoms with Crippen LogP contribution in [-0.2, 0) is 25.5 Å². The molecule has 4 aliphatic heterocycles. The van der Waals surface area contributed by atoms with E-state index in [4.69, 9.17) is 14.2 Å². The zero-order valence-corrected chi connectivity index (χ0v) is 22.1. The SMILES string of the molecule is CO[C@H]1C[C@H]2CC[C@@H](C1)N2c1ccc2c(c1)N(C(=O)[C@H]1CC[C@H](OC(C)C)CO1)Cc1cccnc1N2. The molecule has 3 fully saturated rings.